The molecule has 0 aliphatic heterocycles. The molecule has 9 nitrogen and oxygen atoms in total. The molecule has 0 saturated heterocycles. The van der Waals surface area contributed by atoms with Gasteiger partial charge in [0.15, 0.2) is 0 Å². The molecule has 1 aliphatic rings. The molecule has 180 valence electrons. The van der Waals surface area contributed by atoms with Crippen LogP contribution in [0.3, 0.4) is 0 Å². The van der Waals surface area contributed by atoms with Crippen molar-refractivity contribution in [3.05, 3.63) is 60.2 Å². The normalized spacial score (nSPS) is 14.9. The van der Waals surface area contributed by atoms with Gasteiger partial charge in [-0.25, -0.2) is 13.2 Å². The molecular formula is C24H28N4O5S. The fourth-order valence-corrected chi connectivity index (χ4v) is 5.43. The lowest BCUT2D eigenvalue weighted by molar-refractivity contribution is 0.0498. The Hall–Kier alpha value is -3.11. The van der Waals surface area contributed by atoms with Gasteiger partial charge in [0.1, 0.15) is 0 Å². The van der Waals surface area contributed by atoms with Gasteiger partial charge in [-0.05, 0) is 55.7 Å². The summed E-state index contributed by atoms with van der Waals surface area (Å²) >= 11 is 0. The molecule has 4 rings (SSSR count). The van der Waals surface area contributed by atoms with E-state index in [1.54, 1.807) is 25.5 Å². The van der Waals surface area contributed by atoms with Crippen molar-refractivity contribution in [2.24, 2.45) is 0 Å². The summed E-state index contributed by atoms with van der Waals surface area (Å²) in [6.07, 6.45) is 9.32. The van der Waals surface area contributed by atoms with Crippen LogP contribution in [0, 0.1) is 0 Å². The van der Waals surface area contributed by atoms with Crippen molar-refractivity contribution in [2.45, 2.75) is 55.9 Å². The third kappa shape index (κ3) is 5.68. The summed E-state index contributed by atoms with van der Waals surface area (Å²) in [4.78, 5) is 20.9. The first-order chi connectivity index (χ1) is 16.4. The molecule has 0 N–H and O–H groups in total. The Bertz CT molecular complexity index is 1190. The minimum Gasteiger partial charge on any atom is -0.462 e. The van der Waals surface area contributed by atoms with Crippen molar-refractivity contribution < 1.29 is 22.5 Å². The fraction of sp³-hybridized carbons (Fsp3) is 0.417. The number of hydrogen-bond donors (Lipinski definition) is 0. The Morgan fingerprint density at radius 3 is 2.62 bits per heavy atom. The second kappa shape index (κ2) is 10.9. The third-order valence-corrected chi connectivity index (χ3v) is 7.94. The number of aromatic nitrogens is 3. The van der Waals surface area contributed by atoms with Gasteiger partial charge in [-0.2, -0.15) is 9.29 Å². The van der Waals surface area contributed by atoms with Crippen LogP contribution in [0.2, 0.25) is 0 Å². The number of benzene rings is 1. The monoisotopic (exact) mass is 484 g/mol. The maximum Gasteiger partial charge on any atom is 0.338 e. The van der Waals surface area contributed by atoms with Gasteiger partial charge in [-0.15, -0.1) is 0 Å². The summed E-state index contributed by atoms with van der Waals surface area (Å²) in [5, 5.41) is 3.93. The number of pyridine rings is 1. The van der Waals surface area contributed by atoms with Crippen LogP contribution in [0.25, 0.3) is 11.4 Å². The van der Waals surface area contributed by atoms with Crippen LogP contribution in [0.15, 0.2) is 58.2 Å². The minimum absolute atomic E-state index is 0.0303. The molecule has 2 heterocycles. The minimum atomic E-state index is -3.60. The van der Waals surface area contributed by atoms with Gasteiger partial charge in [0, 0.05) is 37.5 Å². The van der Waals surface area contributed by atoms with Gasteiger partial charge < -0.3 is 9.26 Å². The summed E-state index contributed by atoms with van der Waals surface area (Å²) in [5.41, 5.74) is 1.07. The molecule has 2 aromatic heterocycles. The highest BCUT2D eigenvalue weighted by Crippen LogP contribution is 2.26. The van der Waals surface area contributed by atoms with Crippen LogP contribution in [0.5, 0.6) is 0 Å². The quantitative estimate of drug-likeness (QED) is 0.332. The number of ether oxygens (including phenoxy) is 1. The van der Waals surface area contributed by atoms with E-state index in [1.807, 2.05) is 6.07 Å². The van der Waals surface area contributed by atoms with E-state index in [0.29, 0.717) is 30.1 Å². The number of carbonyl (C=O) groups is 1. The Labute approximate surface area is 199 Å². The standard InChI is InChI=1S/C24H28N4O5S/c1-28(20-8-3-2-4-9-20)34(30,31)21-13-11-18(12-14-21)24(29)32-16-6-10-22-26-23(27-33-22)19-7-5-15-25-17-19/h5,7,11-15,17,20H,2-4,6,8-10,16H2,1H3. The maximum atomic E-state index is 12.9. The number of rotatable bonds is 9. The highest BCUT2D eigenvalue weighted by atomic mass is 32.2. The maximum absolute atomic E-state index is 12.9. The Morgan fingerprint density at radius 2 is 1.91 bits per heavy atom. The highest BCUT2D eigenvalue weighted by molar-refractivity contribution is 7.89. The molecule has 0 spiro atoms. The SMILES string of the molecule is CN(C1CCCCC1)S(=O)(=O)c1ccc(C(=O)OCCCc2nc(-c3cccnc3)no2)cc1. The van der Waals surface area contributed by atoms with E-state index in [4.69, 9.17) is 9.26 Å². The molecule has 34 heavy (non-hydrogen) atoms. The molecule has 1 aromatic carbocycles. The molecule has 0 atom stereocenters. The molecule has 3 aromatic rings. The van der Waals surface area contributed by atoms with Gasteiger partial charge >= 0.3 is 5.97 Å². The molecule has 0 unspecified atom stereocenters. The van der Waals surface area contributed by atoms with E-state index in [9.17, 15) is 13.2 Å². The summed E-state index contributed by atoms with van der Waals surface area (Å²) in [7, 11) is -1.96. The zero-order chi connectivity index (χ0) is 24.0. The van der Waals surface area contributed by atoms with Crippen molar-refractivity contribution in [1.29, 1.82) is 0 Å². The summed E-state index contributed by atoms with van der Waals surface area (Å²) in [6.45, 7) is 0.175. The molecule has 0 bridgehead atoms. The van der Waals surface area contributed by atoms with E-state index in [1.165, 1.54) is 28.6 Å². The Morgan fingerprint density at radius 1 is 1.15 bits per heavy atom. The van der Waals surface area contributed by atoms with E-state index in [2.05, 4.69) is 15.1 Å². The van der Waals surface area contributed by atoms with Gasteiger partial charge in [0.25, 0.3) is 0 Å². The topological polar surface area (TPSA) is 115 Å². The summed E-state index contributed by atoms with van der Waals surface area (Å²) in [5.74, 6) is 0.405. The molecule has 10 heteroatoms. The lowest BCUT2D eigenvalue weighted by atomic mass is 9.96. The first-order valence-corrected chi connectivity index (χ1v) is 12.9. The van der Waals surface area contributed by atoms with Gasteiger partial charge in [-0.1, -0.05) is 24.4 Å². The largest absolute Gasteiger partial charge is 0.462 e. The van der Waals surface area contributed by atoms with Crippen molar-refractivity contribution in [1.82, 2.24) is 19.4 Å². The second-order valence-corrected chi connectivity index (χ2v) is 10.3. The van der Waals surface area contributed by atoms with Gasteiger partial charge in [-0.3, -0.25) is 4.98 Å². The highest BCUT2D eigenvalue weighted by Gasteiger charge is 2.29. The zero-order valence-electron chi connectivity index (χ0n) is 19.1. The Balaban J connectivity index is 1.26. The number of carbonyl (C=O) groups excluding carboxylic acids is 1. The molecule has 1 fully saturated rings. The first-order valence-electron chi connectivity index (χ1n) is 11.4. The zero-order valence-corrected chi connectivity index (χ0v) is 19.9. The van der Waals surface area contributed by atoms with Crippen molar-refractivity contribution >= 4 is 16.0 Å². The number of aryl methyl sites for hydroxylation is 1. The lowest BCUT2D eigenvalue weighted by Gasteiger charge is -2.30. The number of sulfonamides is 1. The second-order valence-electron chi connectivity index (χ2n) is 8.33. The van der Waals surface area contributed by atoms with E-state index >= 15 is 0 Å². The number of hydrogen-bond acceptors (Lipinski definition) is 8. The van der Waals surface area contributed by atoms with Crippen LogP contribution in [-0.4, -0.2) is 53.5 Å². The number of nitrogens with zero attached hydrogens (tertiary/aromatic N) is 4. The Kier molecular flexibility index (Phi) is 7.69. The predicted octanol–water partition coefficient (Wildman–Crippen LogP) is 3.87. The predicted molar refractivity (Wildman–Crippen MR) is 124 cm³/mol. The van der Waals surface area contributed by atoms with Gasteiger partial charge in [0.05, 0.1) is 17.1 Å². The molecular weight excluding hydrogens is 456 g/mol. The van der Waals surface area contributed by atoms with E-state index in [0.717, 1.165) is 37.7 Å². The third-order valence-electron chi connectivity index (χ3n) is 6.01. The van der Waals surface area contributed by atoms with Crippen LogP contribution < -0.4 is 0 Å². The van der Waals surface area contributed by atoms with Crippen LogP contribution in [0.4, 0.5) is 0 Å². The fourth-order valence-electron chi connectivity index (χ4n) is 4.01. The van der Waals surface area contributed by atoms with E-state index in [-0.39, 0.29) is 17.5 Å². The smallest absolute Gasteiger partial charge is 0.338 e. The number of esters is 1. The van der Waals surface area contributed by atoms with Gasteiger partial charge in [0.2, 0.25) is 21.7 Å². The summed E-state index contributed by atoms with van der Waals surface area (Å²) < 4.78 is 37.9. The molecule has 1 aliphatic carbocycles. The first kappa shape index (κ1) is 24.0. The van der Waals surface area contributed by atoms with Crippen molar-refractivity contribution in [3.8, 4) is 11.4 Å². The van der Waals surface area contributed by atoms with Crippen LogP contribution in [0.1, 0.15) is 54.8 Å². The molecule has 0 radical (unpaired) electrons. The lowest BCUT2D eigenvalue weighted by Crippen LogP contribution is -2.38. The van der Waals surface area contributed by atoms with Crippen LogP contribution >= 0.6 is 0 Å². The average Bonchev–Trinajstić information content (AvgIpc) is 3.36. The average molecular weight is 485 g/mol. The van der Waals surface area contributed by atoms with Crippen molar-refractivity contribution in [3.63, 3.8) is 0 Å². The van der Waals surface area contributed by atoms with Crippen LogP contribution in [-0.2, 0) is 21.2 Å². The molecule has 0 amide bonds. The van der Waals surface area contributed by atoms with E-state index < -0.39 is 16.0 Å². The molecule has 1 saturated carbocycles. The van der Waals surface area contributed by atoms with Crippen molar-refractivity contribution in [2.75, 3.05) is 13.7 Å². The summed E-state index contributed by atoms with van der Waals surface area (Å²) in [6, 6.07) is 9.57.